The van der Waals surface area contributed by atoms with Gasteiger partial charge in [-0.1, -0.05) is 19.8 Å². The van der Waals surface area contributed by atoms with Crippen LogP contribution in [0.5, 0.6) is 0 Å². The third-order valence-electron chi connectivity index (χ3n) is 3.15. The van der Waals surface area contributed by atoms with Gasteiger partial charge in [-0.2, -0.15) is 0 Å². The fourth-order valence-corrected chi connectivity index (χ4v) is 2.28. The number of nitrogens with zero attached hydrogens (tertiary/aromatic N) is 1. The van der Waals surface area contributed by atoms with Crippen molar-refractivity contribution in [2.24, 2.45) is 0 Å². The molecule has 0 amide bonds. The normalized spacial score (nSPS) is 28.3. The highest BCUT2D eigenvalue weighted by molar-refractivity contribution is 4.82. The Morgan fingerprint density at radius 3 is 2.64 bits per heavy atom. The van der Waals surface area contributed by atoms with Gasteiger partial charge in [0.2, 0.25) is 0 Å². The van der Waals surface area contributed by atoms with Crippen LogP contribution in [0.15, 0.2) is 0 Å². The summed E-state index contributed by atoms with van der Waals surface area (Å²) >= 11 is 0. The number of aliphatic hydroxyl groups is 1. The number of hydrogen-bond donors (Lipinski definition) is 1. The van der Waals surface area contributed by atoms with Crippen molar-refractivity contribution in [1.29, 1.82) is 0 Å². The van der Waals surface area contributed by atoms with E-state index in [2.05, 4.69) is 11.8 Å². The Bertz CT molecular complexity index is 152. The lowest BCUT2D eigenvalue weighted by molar-refractivity contribution is 0.0115. The summed E-state index contributed by atoms with van der Waals surface area (Å²) in [6, 6.07) is 0.365. The van der Waals surface area contributed by atoms with Crippen LogP contribution in [0, 0.1) is 0 Å². The molecular formula is C11H23NO2. The van der Waals surface area contributed by atoms with Crippen molar-refractivity contribution in [2.45, 2.75) is 44.8 Å². The van der Waals surface area contributed by atoms with Gasteiger partial charge in [0.1, 0.15) is 0 Å². The molecule has 0 aliphatic heterocycles. The molecule has 84 valence electrons. The van der Waals surface area contributed by atoms with E-state index in [1.54, 1.807) is 7.11 Å². The summed E-state index contributed by atoms with van der Waals surface area (Å²) in [6.07, 6.45) is 4.41. The highest BCUT2D eigenvalue weighted by atomic mass is 16.5. The van der Waals surface area contributed by atoms with Crippen molar-refractivity contribution < 1.29 is 9.84 Å². The van der Waals surface area contributed by atoms with Crippen LogP contribution in [0.2, 0.25) is 0 Å². The number of aliphatic hydroxyl groups excluding tert-OH is 1. The molecule has 1 aliphatic carbocycles. The predicted octanol–water partition coefficient (Wildman–Crippen LogP) is 1.26. The minimum Gasteiger partial charge on any atom is -0.391 e. The van der Waals surface area contributed by atoms with Crippen LogP contribution < -0.4 is 0 Å². The van der Waals surface area contributed by atoms with Gasteiger partial charge in [-0.05, 0) is 19.4 Å². The first kappa shape index (κ1) is 12.0. The molecule has 0 heterocycles. The van der Waals surface area contributed by atoms with Gasteiger partial charge in [0.05, 0.1) is 12.7 Å². The van der Waals surface area contributed by atoms with E-state index in [1.165, 1.54) is 12.8 Å². The Morgan fingerprint density at radius 1 is 1.36 bits per heavy atom. The lowest BCUT2D eigenvalue weighted by atomic mass is 9.91. The number of likely N-dealkylation sites (N-methyl/N-ethyl adjacent to an activating group) is 1. The summed E-state index contributed by atoms with van der Waals surface area (Å²) in [6.45, 7) is 4.86. The van der Waals surface area contributed by atoms with E-state index in [0.717, 1.165) is 32.5 Å². The molecule has 0 spiro atoms. The average Bonchev–Trinajstić information content (AvgIpc) is 2.21. The number of hydrogen-bond acceptors (Lipinski definition) is 3. The summed E-state index contributed by atoms with van der Waals surface area (Å²) in [5.41, 5.74) is 0. The molecule has 1 N–H and O–H groups in total. The molecule has 1 fully saturated rings. The summed E-state index contributed by atoms with van der Waals surface area (Å²) in [4.78, 5) is 2.34. The summed E-state index contributed by atoms with van der Waals surface area (Å²) < 4.78 is 5.08. The van der Waals surface area contributed by atoms with E-state index >= 15 is 0 Å². The molecule has 1 rings (SSSR count). The van der Waals surface area contributed by atoms with Crippen LogP contribution >= 0.6 is 0 Å². The van der Waals surface area contributed by atoms with Crippen LogP contribution in [-0.4, -0.2) is 49.0 Å². The zero-order valence-electron chi connectivity index (χ0n) is 9.41. The zero-order valence-corrected chi connectivity index (χ0v) is 9.41. The van der Waals surface area contributed by atoms with Crippen molar-refractivity contribution in [3.63, 3.8) is 0 Å². The lowest BCUT2D eigenvalue weighted by Gasteiger charge is -2.36. The minimum absolute atomic E-state index is 0.124. The first-order valence-corrected chi connectivity index (χ1v) is 5.70. The molecule has 2 unspecified atom stereocenters. The second-order valence-electron chi connectivity index (χ2n) is 4.04. The van der Waals surface area contributed by atoms with Crippen LogP contribution in [0.3, 0.4) is 0 Å². The molecule has 14 heavy (non-hydrogen) atoms. The molecule has 0 bridgehead atoms. The van der Waals surface area contributed by atoms with E-state index in [4.69, 9.17) is 4.74 Å². The van der Waals surface area contributed by atoms with Gasteiger partial charge >= 0.3 is 0 Å². The maximum Gasteiger partial charge on any atom is 0.0695 e. The average molecular weight is 201 g/mol. The fraction of sp³-hybridized carbons (Fsp3) is 1.00. The van der Waals surface area contributed by atoms with Crippen molar-refractivity contribution in [3.8, 4) is 0 Å². The van der Waals surface area contributed by atoms with Crippen LogP contribution in [0.25, 0.3) is 0 Å². The SMILES string of the molecule is CCN(CCOC)C1CCCCC1O. The van der Waals surface area contributed by atoms with E-state index < -0.39 is 0 Å². The molecule has 1 saturated carbocycles. The van der Waals surface area contributed by atoms with E-state index in [-0.39, 0.29) is 6.10 Å². The summed E-state index contributed by atoms with van der Waals surface area (Å²) in [5.74, 6) is 0. The van der Waals surface area contributed by atoms with Crippen molar-refractivity contribution in [2.75, 3.05) is 26.8 Å². The third-order valence-corrected chi connectivity index (χ3v) is 3.15. The maximum atomic E-state index is 9.89. The molecule has 3 heteroatoms. The van der Waals surface area contributed by atoms with Gasteiger partial charge in [-0.25, -0.2) is 0 Å². The molecule has 3 nitrogen and oxygen atoms in total. The van der Waals surface area contributed by atoms with Gasteiger partial charge in [-0.15, -0.1) is 0 Å². The third kappa shape index (κ3) is 3.23. The van der Waals surface area contributed by atoms with Crippen molar-refractivity contribution >= 4 is 0 Å². The van der Waals surface area contributed by atoms with Gasteiger partial charge in [-0.3, -0.25) is 4.90 Å². The van der Waals surface area contributed by atoms with Gasteiger partial charge in [0, 0.05) is 19.7 Å². The number of methoxy groups -OCH3 is 1. The topological polar surface area (TPSA) is 32.7 Å². The monoisotopic (exact) mass is 201 g/mol. The zero-order chi connectivity index (χ0) is 10.4. The summed E-state index contributed by atoms with van der Waals surface area (Å²) in [5, 5.41) is 9.89. The lowest BCUT2D eigenvalue weighted by Crippen LogP contribution is -2.46. The van der Waals surface area contributed by atoms with Gasteiger partial charge in [0.15, 0.2) is 0 Å². The molecule has 0 aromatic rings. The maximum absolute atomic E-state index is 9.89. The Balaban J connectivity index is 2.40. The largest absolute Gasteiger partial charge is 0.391 e. The van der Waals surface area contributed by atoms with E-state index in [0.29, 0.717) is 6.04 Å². The first-order chi connectivity index (χ1) is 6.79. The number of rotatable bonds is 5. The second-order valence-corrected chi connectivity index (χ2v) is 4.04. The van der Waals surface area contributed by atoms with Crippen molar-refractivity contribution in [3.05, 3.63) is 0 Å². The van der Waals surface area contributed by atoms with E-state index in [9.17, 15) is 5.11 Å². The van der Waals surface area contributed by atoms with Crippen LogP contribution in [0.1, 0.15) is 32.6 Å². The molecule has 2 atom stereocenters. The smallest absolute Gasteiger partial charge is 0.0695 e. The Morgan fingerprint density at radius 2 is 2.07 bits per heavy atom. The molecule has 0 saturated heterocycles. The Labute approximate surface area is 87.1 Å². The second kappa shape index (κ2) is 6.38. The Kier molecular flexibility index (Phi) is 5.45. The minimum atomic E-state index is -0.124. The standard InChI is InChI=1S/C11H23NO2/c1-3-12(8-9-14-2)10-6-4-5-7-11(10)13/h10-11,13H,3-9H2,1-2H3. The van der Waals surface area contributed by atoms with Crippen LogP contribution in [0.4, 0.5) is 0 Å². The van der Waals surface area contributed by atoms with Gasteiger partial charge in [0.25, 0.3) is 0 Å². The van der Waals surface area contributed by atoms with E-state index in [1.807, 2.05) is 0 Å². The molecule has 1 aliphatic rings. The van der Waals surface area contributed by atoms with Gasteiger partial charge < -0.3 is 9.84 Å². The first-order valence-electron chi connectivity index (χ1n) is 5.70. The van der Waals surface area contributed by atoms with Crippen LogP contribution in [-0.2, 0) is 4.74 Å². The molecule has 0 aromatic carbocycles. The molecular weight excluding hydrogens is 178 g/mol. The predicted molar refractivity (Wildman–Crippen MR) is 57.4 cm³/mol. The molecule has 0 aromatic heterocycles. The Hall–Kier alpha value is -0.120. The fourth-order valence-electron chi connectivity index (χ4n) is 2.28. The molecule has 0 radical (unpaired) electrons. The highest BCUT2D eigenvalue weighted by Gasteiger charge is 2.27. The highest BCUT2D eigenvalue weighted by Crippen LogP contribution is 2.22. The summed E-state index contributed by atoms with van der Waals surface area (Å²) in [7, 11) is 1.73. The number of ether oxygens (including phenoxy) is 1. The quantitative estimate of drug-likeness (QED) is 0.727. The van der Waals surface area contributed by atoms with Crippen molar-refractivity contribution in [1.82, 2.24) is 4.90 Å².